The highest BCUT2D eigenvalue weighted by atomic mass is 15.3. The minimum Gasteiger partial charge on any atom is -0.378 e. The Hall–Kier alpha value is -4.48. The van der Waals surface area contributed by atoms with E-state index in [0.717, 1.165) is 59.7 Å². The van der Waals surface area contributed by atoms with E-state index >= 15 is 0 Å². The number of likely N-dealkylation sites (N-methyl/N-ethyl adjacent to an activating group) is 1. The van der Waals surface area contributed by atoms with Crippen molar-refractivity contribution in [3.05, 3.63) is 84.2 Å². The first-order valence-electron chi connectivity index (χ1n) is 12.1. The van der Waals surface area contributed by atoms with Gasteiger partial charge in [0.15, 0.2) is 11.5 Å². The van der Waals surface area contributed by atoms with Gasteiger partial charge in [0.05, 0.1) is 23.4 Å². The number of fused-ring (bicyclic) bond motifs is 3. The van der Waals surface area contributed by atoms with E-state index in [-0.39, 0.29) is 0 Å². The molecule has 1 aliphatic heterocycles. The molecule has 2 aromatic carbocycles. The van der Waals surface area contributed by atoms with Crippen molar-refractivity contribution in [2.45, 2.75) is 6.54 Å². The summed E-state index contributed by atoms with van der Waals surface area (Å²) in [5.41, 5.74) is 5.63. The van der Waals surface area contributed by atoms with Gasteiger partial charge in [0.2, 0.25) is 0 Å². The SMILES string of the molecule is CN1CCN(c2ccc3c(c2)c(NCc2ccccn2)c(C#N)c2nc(-c4ccccc4)nn23)CC1. The lowest BCUT2D eigenvalue weighted by atomic mass is 10.1. The van der Waals surface area contributed by atoms with E-state index in [9.17, 15) is 5.26 Å². The third-order valence-corrected chi connectivity index (χ3v) is 6.74. The fourth-order valence-corrected chi connectivity index (χ4v) is 4.74. The first kappa shape index (κ1) is 22.0. The Kier molecular flexibility index (Phi) is 5.68. The molecule has 0 unspecified atom stereocenters. The smallest absolute Gasteiger partial charge is 0.182 e. The van der Waals surface area contributed by atoms with Gasteiger partial charge in [-0.1, -0.05) is 36.4 Å². The van der Waals surface area contributed by atoms with Crippen LogP contribution in [0.1, 0.15) is 11.3 Å². The lowest BCUT2D eigenvalue weighted by Crippen LogP contribution is -2.44. The van der Waals surface area contributed by atoms with Gasteiger partial charge in [-0.05, 0) is 37.4 Å². The highest BCUT2D eigenvalue weighted by molar-refractivity contribution is 6.00. The van der Waals surface area contributed by atoms with Crippen LogP contribution in [0.25, 0.3) is 27.9 Å². The van der Waals surface area contributed by atoms with Gasteiger partial charge in [0, 0.05) is 49.0 Å². The van der Waals surface area contributed by atoms with Crippen LogP contribution in [-0.2, 0) is 6.54 Å². The summed E-state index contributed by atoms with van der Waals surface area (Å²) in [6.07, 6.45) is 1.78. The van der Waals surface area contributed by atoms with E-state index < -0.39 is 0 Å². The molecule has 0 spiro atoms. The molecule has 3 aromatic heterocycles. The number of benzene rings is 2. The molecule has 0 radical (unpaired) electrons. The summed E-state index contributed by atoms with van der Waals surface area (Å²) in [6.45, 7) is 4.48. The monoisotopic (exact) mass is 474 g/mol. The lowest BCUT2D eigenvalue weighted by Gasteiger charge is -2.34. The summed E-state index contributed by atoms with van der Waals surface area (Å²) >= 11 is 0. The number of nitrogens with one attached hydrogen (secondary N) is 1. The predicted octanol–water partition coefficient (Wildman–Crippen LogP) is 4.18. The average Bonchev–Trinajstić information content (AvgIpc) is 3.38. The number of nitriles is 1. The molecular weight excluding hydrogens is 448 g/mol. The second kappa shape index (κ2) is 9.29. The number of hydrogen-bond donors (Lipinski definition) is 1. The fourth-order valence-electron chi connectivity index (χ4n) is 4.74. The molecule has 178 valence electrons. The largest absolute Gasteiger partial charge is 0.378 e. The first-order chi connectivity index (χ1) is 17.7. The van der Waals surface area contributed by atoms with Crippen LogP contribution in [-0.4, -0.2) is 57.7 Å². The summed E-state index contributed by atoms with van der Waals surface area (Å²) in [4.78, 5) is 14.0. The second-order valence-electron chi connectivity index (χ2n) is 9.07. The fraction of sp³-hybridized carbons (Fsp3) is 0.214. The van der Waals surface area contributed by atoms with E-state index in [0.29, 0.717) is 23.6 Å². The summed E-state index contributed by atoms with van der Waals surface area (Å²) in [5.74, 6) is 0.596. The molecule has 8 nitrogen and oxygen atoms in total. The van der Waals surface area contributed by atoms with Gasteiger partial charge >= 0.3 is 0 Å². The molecule has 0 bridgehead atoms. The van der Waals surface area contributed by atoms with Crippen molar-refractivity contribution >= 4 is 27.9 Å². The van der Waals surface area contributed by atoms with Crippen molar-refractivity contribution < 1.29 is 0 Å². The van der Waals surface area contributed by atoms with E-state index in [1.165, 1.54) is 0 Å². The molecule has 1 N–H and O–H groups in total. The summed E-state index contributed by atoms with van der Waals surface area (Å²) in [5, 5.41) is 19.6. The molecule has 36 heavy (non-hydrogen) atoms. The van der Waals surface area contributed by atoms with E-state index in [4.69, 9.17) is 10.1 Å². The van der Waals surface area contributed by atoms with Crippen LogP contribution >= 0.6 is 0 Å². The molecule has 4 heterocycles. The molecule has 0 atom stereocenters. The van der Waals surface area contributed by atoms with Crippen LogP contribution in [0.5, 0.6) is 0 Å². The van der Waals surface area contributed by atoms with Gasteiger partial charge < -0.3 is 15.1 Å². The van der Waals surface area contributed by atoms with Crippen LogP contribution in [0, 0.1) is 11.3 Å². The number of nitrogens with zero attached hydrogens (tertiary/aromatic N) is 7. The van der Waals surface area contributed by atoms with Crippen molar-refractivity contribution in [3.8, 4) is 17.5 Å². The molecule has 1 saturated heterocycles. The molecule has 1 fully saturated rings. The minimum absolute atomic E-state index is 0.476. The molecule has 6 rings (SSSR count). The molecule has 8 heteroatoms. The van der Waals surface area contributed by atoms with Gasteiger partial charge in [0.1, 0.15) is 11.6 Å². The molecule has 5 aromatic rings. The number of anilines is 2. The maximum absolute atomic E-state index is 10.3. The topological polar surface area (TPSA) is 85.4 Å². The Labute approximate surface area is 209 Å². The summed E-state index contributed by atoms with van der Waals surface area (Å²) < 4.78 is 1.80. The zero-order valence-corrected chi connectivity index (χ0v) is 20.1. The van der Waals surface area contributed by atoms with Crippen LogP contribution in [0.15, 0.2) is 72.9 Å². The number of rotatable bonds is 5. The predicted molar refractivity (Wildman–Crippen MR) is 142 cm³/mol. The van der Waals surface area contributed by atoms with Crippen molar-refractivity contribution in [1.29, 1.82) is 5.26 Å². The molecule has 0 amide bonds. The van der Waals surface area contributed by atoms with Crippen LogP contribution in [0.2, 0.25) is 0 Å². The number of aromatic nitrogens is 4. The van der Waals surface area contributed by atoms with Gasteiger partial charge in [-0.25, -0.2) is 9.50 Å². The Balaban J connectivity index is 1.53. The Morgan fingerprint density at radius 2 is 1.78 bits per heavy atom. The molecular formula is C28H26N8. The van der Waals surface area contributed by atoms with E-state index in [2.05, 4.69) is 51.4 Å². The molecule has 1 aliphatic rings. The van der Waals surface area contributed by atoms with Crippen molar-refractivity contribution in [2.75, 3.05) is 43.4 Å². The van der Waals surface area contributed by atoms with Crippen molar-refractivity contribution in [1.82, 2.24) is 24.5 Å². The summed E-state index contributed by atoms with van der Waals surface area (Å²) in [7, 11) is 2.16. The summed E-state index contributed by atoms with van der Waals surface area (Å²) in [6, 6.07) is 24.5. The maximum atomic E-state index is 10.3. The Bertz CT molecular complexity index is 1560. The third-order valence-electron chi connectivity index (χ3n) is 6.74. The van der Waals surface area contributed by atoms with Gasteiger partial charge in [0.25, 0.3) is 0 Å². The highest BCUT2D eigenvalue weighted by Crippen LogP contribution is 2.34. The van der Waals surface area contributed by atoms with Crippen LogP contribution in [0.3, 0.4) is 0 Å². The van der Waals surface area contributed by atoms with Crippen molar-refractivity contribution in [3.63, 3.8) is 0 Å². The van der Waals surface area contributed by atoms with E-state index in [1.54, 1.807) is 10.7 Å². The van der Waals surface area contributed by atoms with E-state index in [1.807, 2.05) is 48.5 Å². The lowest BCUT2D eigenvalue weighted by molar-refractivity contribution is 0.313. The third kappa shape index (κ3) is 4.00. The molecule has 0 saturated carbocycles. The Morgan fingerprint density at radius 3 is 2.53 bits per heavy atom. The van der Waals surface area contributed by atoms with Crippen LogP contribution < -0.4 is 10.2 Å². The zero-order chi connectivity index (χ0) is 24.5. The number of piperazine rings is 1. The standard InChI is InChI=1S/C28H26N8/c1-34-13-15-35(16-14-34)22-10-11-25-23(17-22)26(31-19-21-9-5-6-12-30-21)24(18-29)28-32-27(33-36(25)28)20-7-3-2-4-8-20/h2-12,17,31H,13-16,19H2,1H3. The molecule has 0 aliphatic carbocycles. The van der Waals surface area contributed by atoms with Gasteiger partial charge in [-0.3, -0.25) is 4.98 Å². The number of pyridine rings is 2. The zero-order valence-electron chi connectivity index (χ0n) is 20.1. The second-order valence-corrected chi connectivity index (χ2v) is 9.07. The number of hydrogen-bond acceptors (Lipinski definition) is 7. The maximum Gasteiger partial charge on any atom is 0.182 e. The van der Waals surface area contributed by atoms with Gasteiger partial charge in [-0.15, -0.1) is 5.10 Å². The minimum atomic E-state index is 0.476. The van der Waals surface area contributed by atoms with Gasteiger partial charge in [-0.2, -0.15) is 5.26 Å². The average molecular weight is 475 g/mol. The highest BCUT2D eigenvalue weighted by Gasteiger charge is 2.21. The van der Waals surface area contributed by atoms with Crippen molar-refractivity contribution in [2.24, 2.45) is 0 Å². The normalized spacial score (nSPS) is 14.3. The van der Waals surface area contributed by atoms with Crippen LogP contribution in [0.4, 0.5) is 11.4 Å². The Morgan fingerprint density at radius 1 is 0.972 bits per heavy atom. The first-order valence-corrected chi connectivity index (χ1v) is 12.1. The quantitative estimate of drug-likeness (QED) is 0.409.